The van der Waals surface area contributed by atoms with Crippen LogP contribution in [-0.2, 0) is 23.8 Å². The van der Waals surface area contributed by atoms with Crippen molar-refractivity contribution in [3.8, 4) is 0 Å². The molecule has 0 saturated carbocycles. The third-order valence-corrected chi connectivity index (χ3v) is 4.87. The van der Waals surface area contributed by atoms with Gasteiger partial charge in [-0.3, -0.25) is 8.98 Å². The molecule has 0 aliphatic rings. The number of aryl methyl sites for hydroxylation is 1. The third-order valence-electron chi connectivity index (χ3n) is 3.58. The van der Waals surface area contributed by atoms with Crippen LogP contribution in [0.4, 0.5) is 0 Å². The van der Waals surface area contributed by atoms with E-state index in [0.29, 0.717) is 6.42 Å². The molecule has 146 valence electrons. The number of hydrogen-bond acceptors (Lipinski definition) is 6. The van der Waals surface area contributed by atoms with Crippen molar-refractivity contribution in [2.45, 2.75) is 57.6 Å². The van der Waals surface area contributed by atoms with Crippen molar-refractivity contribution < 1.29 is 27.2 Å². The van der Waals surface area contributed by atoms with Crippen LogP contribution in [0.25, 0.3) is 0 Å². The maximum atomic E-state index is 12.1. The first-order valence-electron chi connectivity index (χ1n) is 8.42. The minimum absolute atomic E-state index is 0.0251. The van der Waals surface area contributed by atoms with Crippen LogP contribution < -0.4 is 0 Å². The van der Waals surface area contributed by atoms with Crippen LogP contribution in [0.5, 0.6) is 0 Å². The number of ether oxygens (including phenoxy) is 1. The fourth-order valence-electron chi connectivity index (χ4n) is 2.02. The average molecular weight is 384 g/mol. The summed E-state index contributed by atoms with van der Waals surface area (Å²) < 4.78 is 34.6. The molecule has 0 bridgehead atoms. The van der Waals surface area contributed by atoms with Crippen LogP contribution in [0.15, 0.2) is 41.8 Å². The summed E-state index contributed by atoms with van der Waals surface area (Å²) in [4.78, 5) is 12.0. The highest BCUT2D eigenvalue weighted by molar-refractivity contribution is 7.86. The first-order chi connectivity index (χ1) is 12.0. The highest BCUT2D eigenvalue weighted by atomic mass is 32.2. The molecule has 0 unspecified atom stereocenters. The van der Waals surface area contributed by atoms with Gasteiger partial charge in [0.2, 0.25) is 0 Å². The number of esters is 1. The Bertz CT molecular complexity index is 701. The second-order valence-corrected chi connectivity index (χ2v) is 8.86. The molecule has 2 atom stereocenters. The van der Waals surface area contributed by atoms with Crippen molar-refractivity contribution in [2.24, 2.45) is 5.41 Å². The van der Waals surface area contributed by atoms with E-state index >= 15 is 0 Å². The lowest BCUT2D eigenvalue weighted by molar-refractivity contribution is -0.160. The number of aliphatic hydroxyl groups is 1. The van der Waals surface area contributed by atoms with Crippen molar-refractivity contribution in [2.75, 3.05) is 6.61 Å². The zero-order chi connectivity index (χ0) is 20.0. The molecule has 6 nitrogen and oxygen atoms in total. The van der Waals surface area contributed by atoms with Gasteiger partial charge in [-0.15, -0.1) is 6.58 Å². The Kier molecular flexibility index (Phi) is 7.99. The number of carbonyl (C=O) groups is 1. The van der Waals surface area contributed by atoms with E-state index in [4.69, 9.17) is 8.92 Å². The lowest BCUT2D eigenvalue weighted by Gasteiger charge is -2.24. The van der Waals surface area contributed by atoms with Crippen molar-refractivity contribution in [1.82, 2.24) is 0 Å². The van der Waals surface area contributed by atoms with Crippen molar-refractivity contribution in [3.63, 3.8) is 0 Å². The topological polar surface area (TPSA) is 89.9 Å². The smallest absolute Gasteiger partial charge is 0.311 e. The van der Waals surface area contributed by atoms with E-state index in [0.717, 1.165) is 5.56 Å². The van der Waals surface area contributed by atoms with Gasteiger partial charge in [-0.2, -0.15) is 8.42 Å². The standard InChI is InChI=1S/C19H28O6S/c1-6-7-16(25-18(21)19(3,4)5)12-15(20)13-24-26(22,23)17-10-8-14(2)9-11-17/h6,8-11,15-16,20H,1,7,12-13H2,2-5H3/t15-,16+/m1/s1. The number of rotatable bonds is 9. The predicted molar refractivity (Wildman–Crippen MR) is 99.1 cm³/mol. The first-order valence-corrected chi connectivity index (χ1v) is 9.82. The first kappa shape index (κ1) is 22.3. The van der Waals surface area contributed by atoms with Crippen molar-refractivity contribution in [1.29, 1.82) is 0 Å². The van der Waals surface area contributed by atoms with Gasteiger partial charge in [0.15, 0.2) is 0 Å². The van der Waals surface area contributed by atoms with Crippen LogP contribution in [0, 0.1) is 12.3 Å². The van der Waals surface area contributed by atoms with Gasteiger partial charge in [-0.25, -0.2) is 0 Å². The fraction of sp³-hybridized carbons (Fsp3) is 0.526. The molecule has 1 aromatic rings. The van der Waals surface area contributed by atoms with E-state index in [1.54, 1.807) is 39.0 Å². The SMILES string of the molecule is C=CC[C@@H](C[C@@H](O)COS(=O)(=O)c1ccc(C)cc1)OC(=O)C(C)(C)C. The Labute approximate surface area is 156 Å². The summed E-state index contributed by atoms with van der Waals surface area (Å²) in [5.74, 6) is -0.398. The predicted octanol–water partition coefficient (Wildman–Crippen LogP) is 2.99. The summed E-state index contributed by atoms with van der Waals surface area (Å²) in [5, 5.41) is 10.1. The second kappa shape index (κ2) is 9.30. The van der Waals surface area contributed by atoms with Gasteiger partial charge in [0.05, 0.1) is 23.0 Å². The summed E-state index contributed by atoms with van der Waals surface area (Å²) in [6, 6.07) is 6.23. The molecule has 0 radical (unpaired) electrons. The lowest BCUT2D eigenvalue weighted by Crippen LogP contribution is -2.31. The minimum atomic E-state index is -3.95. The van der Waals surface area contributed by atoms with Crippen LogP contribution in [0.1, 0.15) is 39.2 Å². The molecule has 0 spiro atoms. The number of aliphatic hydroxyl groups excluding tert-OH is 1. The monoisotopic (exact) mass is 384 g/mol. The molecule has 0 aliphatic carbocycles. The third kappa shape index (κ3) is 7.27. The number of hydrogen-bond donors (Lipinski definition) is 1. The van der Waals surface area contributed by atoms with E-state index < -0.39 is 40.3 Å². The normalized spacial score (nSPS) is 14.5. The highest BCUT2D eigenvalue weighted by Gasteiger charge is 2.27. The summed E-state index contributed by atoms with van der Waals surface area (Å²) in [6.07, 6.45) is 0.283. The largest absolute Gasteiger partial charge is 0.462 e. The zero-order valence-electron chi connectivity index (χ0n) is 15.8. The molecule has 0 amide bonds. The fourth-order valence-corrected chi connectivity index (χ4v) is 2.96. The molecule has 0 saturated heterocycles. The molecule has 7 heteroatoms. The van der Waals surface area contributed by atoms with Crippen molar-refractivity contribution in [3.05, 3.63) is 42.5 Å². The van der Waals surface area contributed by atoms with Crippen LogP contribution in [0.2, 0.25) is 0 Å². The van der Waals surface area contributed by atoms with Crippen LogP contribution >= 0.6 is 0 Å². The van der Waals surface area contributed by atoms with Gasteiger partial charge in [-0.05, 0) is 39.8 Å². The minimum Gasteiger partial charge on any atom is -0.462 e. The van der Waals surface area contributed by atoms with E-state index in [1.807, 2.05) is 6.92 Å². The van der Waals surface area contributed by atoms with E-state index in [2.05, 4.69) is 6.58 Å². The molecule has 26 heavy (non-hydrogen) atoms. The lowest BCUT2D eigenvalue weighted by atomic mass is 9.97. The van der Waals surface area contributed by atoms with Gasteiger partial charge in [0.25, 0.3) is 10.1 Å². The Morgan fingerprint density at radius 1 is 1.27 bits per heavy atom. The van der Waals surface area contributed by atoms with E-state index in [9.17, 15) is 18.3 Å². The molecule has 1 aromatic carbocycles. The average Bonchev–Trinajstić information content (AvgIpc) is 2.53. The quantitative estimate of drug-likeness (QED) is 0.400. The van der Waals surface area contributed by atoms with Gasteiger partial charge >= 0.3 is 5.97 Å². The van der Waals surface area contributed by atoms with Gasteiger partial charge in [-0.1, -0.05) is 23.8 Å². The molecule has 1 N–H and O–H groups in total. The molecule has 0 fully saturated rings. The summed E-state index contributed by atoms with van der Waals surface area (Å²) in [7, 11) is -3.95. The van der Waals surface area contributed by atoms with E-state index in [1.165, 1.54) is 12.1 Å². The molecule has 1 rings (SSSR count). The molecule has 0 aromatic heterocycles. The van der Waals surface area contributed by atoms with Gasteiger partial charge < -0.3 is 9.84 Å². The van der Waals surface area contributed by atoms with E-state index in [-0.39, 0.29) is 11.3 Å². The second-order valence-electron chi connectivity index (χ2n) is 7.24. The maximum Gasteiger partial charge on any atom is 0.311 e. The zero-order valence-corrected chi connectivity index (χ0v) is 16.6. The summed E-state index contributed by atoms with van der Waals surface area (Å²) in [5.41, 5.74) is 0.257. The number of carbonyl (C=O) groups excluding carboxylic acids is 1. The summed E-state index contributed by atoms with van der Waals surface area (Å²) in [6.45, 7) is 10.2. The highest BCUT2D eigenvalue weighted by Crippen LogP contribution is 2.20. The Morgan fingerprint density at radius 3 is 2.35 bits per heavy atom. The molecular weight excluding hydrogens is 356 g/mol. The maximum absolute atomic E-state index is 12.1. The Balaban J connectivity index is 2.64. The molecule has 0 heterocycles. The summed E-state index contributed by atoms with van der Waals surface area (Å²) >= 11 is 0. The van der Waals surface area contributed by atoms with Crippen molar-refractivity contribution >= 4 is 16.1 Å². The Morgan fingerprint density at radius 2 is 1.85 bits per heavy atom. The molecule has 0 aliphatic heterocycles. The van der Waals surface area contributed by atoms with Gasteiger partial charge in [0.1, 0.15) is 6.10 Å². The van der Waals surface area contributed by atoms with Crippen LogP contribution in [-0.4, -0.2) is 38.3 Å². The van der Waals surface area contributed by atoms with Gasteiger partial charge in [0, 0.05) is 12.8 Å². The number of benzene rings is 1. The molecular formula is C19H28O6S. The van der Waals surface area contributed by atoms with Crippen LogP contribution in [0.3, 0.4) is 0 Å². The Hall–Kier alpha value is -1.70.